The maximum atomic E-state index is 11.2. The lowest BCUT2D eigenvalue weighted by molar-refractivity contribution is -0.134. The van der Waals surface area contributed by atoms with E-state index in [2.05, 4.69) is 4.74 Å². The van der Waals surface area contributed by atoms with E-state index in [0.717, 1.165) is 11.1 Å². The van der Waals surface area contributed by atoms with Crippen molar-refractivity contribution in [1.29, 1.82) is 0 Å². The highest BCUT2D eigenvalue weighted by molar-refractivity contribution is 5.96. The molecule has 1 aromatic carbocycles. The van der Waals surface area contributed by atoms with E-state index >= 15 is 0 Å². The zero-order valence-corrected chi connectivity index (χ0v) is 9.61. The van der Waals surface area contributed by atoms with E-state index in [4.69, 9.17) is 0 Å². The van der Waals surface area contributed by atoms with Crippen LogP contribution in [0.25, 0.3) is 6.08 Å². The van der Waals surface area contributed by atoms with Crippen LogP contribution in [0.2, 0.25) is 0 Å². The van der Waals surface area contributed by atoms with E-state index in [0.29, 0.717) is 5.56 Å². The second-order valence-corrected chi connectivity index (χ2v) is 3.49. The first-order valence-corrected chi connectivity index (χ1v) is 4.92. The zero-order valence-electron chi connectivity index (χ0n) is 9.61. The predicted molar refractivity (Wildman–Crippen MR) is 62.2 cm³/mol. The Morgan fingerprint density at radius 1 is 1.31 bits per heavy atom. The van der Waals surface area contributed by atoms with Crippen LogP contribution < -0.4 is 0 Å². The fourth-order valence-corrected chi connectivity index (χ4v) is 1.42. The molecule has 0 N–H and O–H groups in total. The first kappa shape index (κ1) is 12.2. The van der Waals surface area contributed by atoms with Crippen molar-refractivity contribution in [2.24, 2.45) is 0 Å². The number of hydrogen-bond acceptors (Lipinski definition) is 3. The molecule has 0 aliphatic heterocycles. The summed E-state index contributed by atoms with van der Waals surface area (Å²) in [7, 11) is 1.33. The molecule has 0 radical (unpaired) electrons. The van der Waals surface area contributed by atoms with Gasteiger partial charge in [0.25, 0.3) is 0 Å². The summed E-state index contributed by atoms with van der Waals surface area (Å²) in [5.74, 6) is -0.353. The fourth-order valence-electron chi connectivity index (χ4n) is 1.42. The normalized spacial score (nSPS) is 10.4. The molecule has 0 heterocycles. The maximum Gasteiger partial charge on any atom is 0.330 e. The van der Waals surface area contributed by atoms with Gasteiger partial charge in [-0.3, -0.25) is 4.79 Å². The molecular formula is C13H14O3. The number of carbonyl (C=O) groups is 2. The molecule has 16 heavy (non-hydrogen) atoms. The monoisotopic (exact) mass is 218 g/mol. The standard InChI is InChI=1S/C13H14O3/c1-9-8-11(5-7-13(15)16-3)4-6-12(9)10(2)14/h4-8H,1-3H3/b7-5+. The Bertz CT molecular complexity index is 444. The molecular weight excluding hydrogens is 204 g/mol. The van der Waals surface area contributed by atoms with Crippen molar-refractivity contribution in [3.8, 4) is 0 Å². The van der Waals surface area contributed by atoms with Gasteiger partial charge in [0.15, 0.2) is 5.78 Å². The van der Waals surface area contributed by atoms with Gasteiger partial charge >= 0.3 is 5.97 Å². The van der Waals surface area contributed by atoms with Gasteiger partial charge in [0, 0.05) is 11.6 Å². The average molecular weight is 218 g/mol. The van der Waals surface area contributed by atoms with E-state index in [9.17, 15) is 9.59 Å². The van der Waals surface area contributed by atoms with E-state index in [1.165, 1.54) is 20.1 Å². The highest BCUT2D eigenvalue weighted by atomic mass is 16.5. The first-order valence-electron chi connectivity index (χ1n) is 4.92. The van der Waals surface area contributed by atoms with Gasteiger partial charge < -0.3 is 4.74 Å². The van der Waals surface area contributed by atoms with Crippen molar-refractivity contribution in [3.63, 3.8) is 0 Å². The average Bonchev–Trinajstić information content (AvgIpc) is 2.25. The van der Waals surface area contributed by atoms with Crippen molar-refractivity contribution in [3.05, 3.63) is 41.0 Å². The summed E-state index contributed by atoms with van der Waals surface area (Å²) in [6.45, 7) is 3.40. The maximum absolute atomic E-state index is 11.2. The molecule has 0 saturated heterocycles. The number of hydrogen-bond donors (Lipinski definition) is 0. The molecule has 0 atom stereocenters. The van der Waals surface area contributed by atoms with Gasteiger partial charge in [0.1, 0.15) is 0 Å². The molecule has 0 bridgehead atoms. The number of carbonyl (C=O) groups excluding carboxylic acids is 2. The topological polar surface area (TPSA) is 43.4 Å². The van der Waals surface area contributed by atoms with Crippen LogP contribution in [0.3, 0.4) is 0 Å². The van der Waals surface area contributed by atoms with E-state index in [1.54, 1.807) is 18.2 Å². The number of benzene rings is 1. The number of ether oxygens (including phenoxy) is 1. The SMILES string of the molecule is COC(=O)/C=C/c1ccc(C(C)=O)c(C)c1. The summed E-state index contributed by atoms with van der Waals surface area (Å²) in [4.78, 5) is 22.1. The van der Waals surface area contributed by atoms with Gasteiger partial charge in [-0.05, 0) is 31.1 Å². The highest BCUT2D eigenvalue weighted by Crippen LogP contribution is 2.13. The van der Waals surface area contributed by atoms with Gasteiger partial charge in [-0.2, -0.15) is 0 Å². The Balaban J connectivity index is 2.94. The smallest absolute Gasteiger partial charge is 0.330 e. The third-order valence-corrected chi connectivity index (χ3v) is 2.24. The van der Waals surface area contributed by atoms with Gasteiger partial charge in [-0.15, -0.1) is 0 Å². The van der Waals surface area contributed by atoms with Crippen LogP contribution in [0, 0.1) is 6.92 Å². The second kappa shape index (κ2) is 5.26. The Morgan fingerprint density at radius 3 is 2.50 bits per heavy atom. The predicted octanol–water partition coefficient (Wildman–Crippen LogP) is 2.38. The quantitative estimate of drug-likeness (QED) is 0.444. The summed E-state index contributed by atoms with van der Waals surface area (Å²) in [6.07, 6.45) is 3.00. The van der Waals surface area contributed by atoms with Crippen molar-refractivity contribution < 1.29 is 14.3 Å². The molecule has 0 amide bonds. The summed E-state index contributed by atoms with van der Waals surface area (Å²) < 4.78 is 4.48. The lowest BCUT2D eigenvalue weighted by atomic mass is 10.0. The van der Waals surface area contributed by atoms with Gasteiger partial charge in [-0.1, -0.05) is 18.2 Å². The Labute approximate surface area is 94.7 Å². The largest absolute Gasteiger partial charge is 0.466 e. The minimum atomic E-state index is -0.395. The number of aryl methyl sites for hydroxylation is 1. The zero-order chi connectivity index (χ0) is 12.1. The number of Topliss-reactive ketones (excluding diaryl/α,β-unsaturated/α-hetero) is 1. The van der Waals surface area contributed by atoms with Crippen LogP contribution in [0.15, 0.2) is 24.3 Å². The summed E-state index contributed by atoms with van der Waals surface area (Å²) in [5, 5.41) is 0. The second-order valence-electron chi connectivity index (χ2n) is 3.49. The fraction of sp³-hybridized carbons (Fsp3) is 0.231. The molecule has 0 aliphatic carbocycles. The third kappa shape index (κ3) is 3.05. The molecule has 0 saturated carbocycles. The van der Waals surface area contributed by atoms with Gasteiger partial charge in [-0.25, -0.2) is 4.79 Å². The number of methoxy groups -OCH3 is 1. The first-order chi connectivity index (χ1) is 7.54. The molecule has 3 heteroatoms. The summed E-state index contributed by atoms with van der Waals surface area (Å²) in [5.41, 5.74) is 2.47. The lowest BCUT2D eigenvalue weighted by Gasteiger charge is -2.02. The van der Waals surface area contributed by atoms with Crippen LogP contribution in [0.4, 0.5) is 0 Å². The van der Waals surface area contributed by atoms with Crippen molar-refractivity contribution >= 4 is 17.8 Å². The molecule has 3 nitrogen and oxygen atoms in total. The van der Waals surface area contributed by atoms with E-state index in [1.807, 2.05) is 13.0 Å². The van der Waals surface area contributed by atoms with E-state index in [-0.39, 0.29) is 5.78 Å². The number of rotatable bonds is 3. The van der Waals surface area contributed by atoms with Crippen LogP contribution in [0.1, 0.15) is 28.4 Å². The molecule has 1 rings (SSSR count). The minimum Gasteiger partial charge on any atom is -0.466 e. The third-order valence-electron chi connectivity index (χ3n) is 2.24. The van der Waals surface area contributed by atoms with Crippen molar-refractivity contribution in [1.82, 2.24) is 0 Å². The molecule has 1 aromatic rings. The Hall–Kier alpha value is -1.90. The van der Waals surface area contributed by atoms with Crippen molar-refractivity contribution in [2.75, 3.05) is 7.11 Å². The minimum absolute atomic E-state index is 0.0426. The van der Waals surface area contributed by atoms with Crippen LogP contribution in [-0.4, -0.2) is 18.9 Å². The van der Waals surface area contributed by atoms with Crippen LogP contribution >= 0.6 is 0 Å². The van der Waals surface area contributed by atoms with Crippen LogP contribution in [-0.2, 0) is 9.53 Å². The summed E-state index contributed by atoms with van der Waals surface area (Å²) in [6, 6.07) is 5.41. The van der Waals surface area contributed by atoms with Crippen LogP contribution in [0.5, 0.6) is 0 Å². The number of esters is 1. The highest BCUT2D eigenvalue weighted by Gasteiger charge is 2.03. The molecule has 84 valence electrons. The molecule has 0 aromatic heterocycles. The van der Waals surface area contributed by atoms with Gasteiger partial charge in [0.05, 0.1) is 7.11 Å². The summed E-state index contributed by atoms with van der Waals surface area (Å²) >= 11 is 0. The number of ketones is 1. The van der Waals surface area contributed by atoms with Crippen molar-refractivity contribution in [2.45, 2.75) is 13.8 Å². The molecule has 0 aliphatic rings. The lowest BCUT2D eigenvalue weighted by Crippen LogP contribution is -1.96. The molecule has 0 spiro atoms. The Kier molecular flexibility index (Phi) is 4.00. The molecule has 0 unspecified atom stereocenters. The van der Waals surface area contributed by atoms with E-state index < -0.39 is 5.97 Å². The van der Waals surface area contributed by atoms with Gasteiger partial charge in [0.2, 0.25) is 0 Å². The molecule has 0 fully saturated rings. The Morgan fingerprint density at radius 2 is 2.00 bits per heavy atom.